The minimum atomic E-state index is -3.67. The molecule has 1 fully saturated rings. The van der Waals surface area contributed by atoms with Crippen LogP contribution in [0.1, 0.15) is 19.3 Å². The highest BCUT2D eigenvalue weighted by Gasteiger charge is 2.37. The van der Waals surface area contributed by atoms with Gasteiger partial charge in [-0.05, 0) is 18.9 Å². The van der Waals surface area contributed by atoms with Gasteiger partial charge in [0, 0.05) is 13.6 Å². The second kappa shape index (κ2) is 5.07. The third-order valence-electron chi connectivity index (χ3n) is 3.06. The summed E-state index contributed by atoms with van der Waals surface area (Å²) in [5.41, 5.74) is 0. The second-order valence-corrected chi connectivity index (χ2v) is 6.02. The first-order valence-corrected chi connectivity index (χ1v) is 7.24. The number of sulfonamides is 1. The predicted octanol–water partition coefficient (Wildman–Crippen LogP) is -0.301. The summed E-state index contributed by atoms with van der Waals surface area (Å²) in [5, 5.41) is 8.62. The fourth-order valence-electron chi connectivity index (χ4n) is 2.13. The first-order chi connectivity index (χ1) is 8.57. The van der Waals surface area contributed by atoms with Gasteiger partial charge in [0.25, 0.3) is 10.0 Å². The molecule has 7 nitrogen and oxygen atoms in total. The summed E-state index contributed by atoms with van der Waals surface area (Å²) in [6.45, 7) is 0.361. The number of hydrogen-bond acceptors (Lipinski definition) is 4. The van der Waals surface area contributed by atoms with Crippen molar-refractivity contribution in [3.8, 4) is 0 Å². The lowest BCUT2D eigenvalue weighted by molar-refractivity contribution is -0.125. The van der Waals surface area contributed by atoms with Gasteiger partial charge in [-0.15, -0.1) is 0 Å². The van der Waals surface area contributed by atoms with Crippen molar-refractivity contribution in [3.05, 3.63) is 12.3 Å². The van der Waals surface area contributed by atoms with Crippen LogP contribution in [0.5, 0.6) is 0 Å². The minimum Gasteiger partial charge on any atom is -0.358 e. The van der Waals surface area contributed by atoms with Crippen LogP contribution in [0.2, 0.25) is 0 Å². The first-order valence-electron chi connectivity index (χ1n) is 5.80. The van der Waals surface area contributed by atoms with Crippen molar-refractivity contribution in [1.29, 1.82) is 0 Å². The molecule has 1 unspecified atom stereocenters. The van der Waals surface area contributed by atoms with Crippen LogP contribution in [0, 0.1) is 0 Å². The molecule has 8 heteroatoms. The molecule has 18 heavy (non-hydrogen) atoms. The van der Waals surface area contributed by atoms with E-state index < -0.39 is 16.1 Å². The molecule has 0 aliphatic carbocycles. The summed E-state index contributed by atoms with van der Waals surface area (Å²) in [6.07, 6.45) is 3.55. The lowest BCUT2D eigenvalue weighted by Crippen LogP contribution is -2.51. The van der Waals surface area contributed by atoms with E-state index in [-0.39, 0.29) is 10.9 Å². The Morgan fingerprint density at radius 1 is 1.56 bits per heavy atom. The van der Waals surface area contributed by atoms with Crippen molar-refractivity contribution in [2.45, 2.75) is 30.3 Å². The SMILES string of the molecule is CNC(=O)C1CCCCN1S(=O)(=O)c1ccn[nH]1. The third kappa shape index (κ3) is 2.25. The average molecular weight is 272 g/mol. The van der Waals surface area contributed by atoms with Crippen molar-refractivity contribution in [1.82, 2.24) is 19.8 Å². The molecular weight excluding hydrogens is 256 g/mol. The number of aromatic amines is 1. The molecule has 0 bridgehead atoms. The minimum absolute atomic E-state index is 0.0262. The monoisotopic (exact) mass is 272 g/mol. The molecule has 0 radical (unpaired) electrons. The van der Waals surface area contributed by atoms with E-state index in [4.69, 9.17) is 0 Å². The Labute approximate surface area is 106 Å². The number of nitrogens with zero attached hydrogens (tertiary/aromatic N) is 2. The number of piperidine rings is 1. The molecule has 2 rings (SSSR count). The molecule has 1 aliphatic rings. The molecule has 2 N–H and O–H groups in total. The molecule has 0 saturated carbocycles. The smallest absolute Gasteiger partial charge is 0.260 e. The van der Waals surface area contributed by atoms with Gasteiger partial charge in [-0.1, -0.05) is 6.42 Å². The van der Waals surface area contributed by atoms with Crippen molar-refractivity contribution in [2.24, 2.45) is 0 Å². The number of aromatic nitrogens is 2. The first kappa shape index (κ1) is 13.0. The maximum absolute atomic E-state index is 12.4. The molecule has 100 valence electrons. The van der Waals surface area contributed by atoms with E-state index >= 15 is 0 Å². The Balaban J connectivity index is 2.32. The molecule has 2 heterocycles. The summed E-state index contributed by atoms with van der Waals surface area (Å²) < 4.78 is 26.0. The zero-order valence-electron chi connectivity index (χ0n) is 10.1. The zero-order chi connectivity index (χ0) is 13.2. The highest BCUT2D eigenvalue weighted by atomic mass is 32.2. The number of carbonyl (C=O) groups is 1. The number of rotatable bonds is 3. The standard InChI is InChI=1S/C10H16N4O3S/c1-11-10(15)8-4-2-3-7-14(8)18(16,17)9-5-6-12-13-9/h5-6,8H,2-4,7H2,1H3,(H,11,15)(H,12,13). The van der Waals surface area contributed by atoms with Gasteiger partial charge in [0.1, 0.15) is 6.04 Å². The van der Waals surface area contributed by atoms with Gasteiger partial charge in [-0.25, -0.2) is 8.42 Å². The molecule has 0 aromatic carbocycles. The van der Waals surface area contributed by atoms with Gasteiger partial charge >= 0.3 is 0 Å². The topological polar surface area (TPSA) is 95.2 Å². The van der Waals surface area contributed by atoms with Crippen molar-refractivity contribution >= 4 is 15.9 Å². The zero-order valence-corrected chi connectivity index (χ0v) is 10.9. The highest BCUT2D eigenvalue weighted by Crippen LogP contribution is 2.24. The van der Waals surface area contributed by atoms with Crippen LogP contribution in [0.4, 0.5) is 0 Å². The van der Waals surface area contributed by atoms with E-state index in [2.05, 4.69) is 15.5 Å². The van der Waals surface area contributed by atoms with E-state index in [9.17, 15) is 13.2 Å². The fourth-order valence-corrected chi connectivity index (χ4v) is 3.69. The quantitative estimate of drug-likeness (QED) is 0.789. The van der Waals surface area contributed by atoms with E-state index in [1.807, 2.05) is 0 Å². The Bertz CT molecular complexity index is 511. The molecule has 1 atom stereocenters. The second-order valence-electron chi connectivity index (χ2n) is 4.16. The summed E-state index contributed by atoms with van der Waals surface area (Å²) in [6, 6.07) is 0.766. The maximum atomic E-state index is 12.4. The lowest BCUT2D eigenvalue weighted by Gasteiger charge is -2.32. The van der Waals surface area contributed by atoms with Crippen molar-refractivity contribution in [3.63, 3.8) is 0 Å². The van der Waals surface area contributed by atoms with Crippen LogP contribution < -0.4 is 5.32 Å². The molecule has 1 aromatic rings. The molecular formula is C10H16N4O3S. The Morgan fingerprint density at radius 3 is 2.94 bits per heavy atom. The number of amides is 1. The van der Waals surface area contributed by atoms with Gasteiger partial charge < -0.3 is 5.32 Å². The number of hydrogen-bond donors (Lipinski definition) is 2. The van der Waals surface area contributed by atoms with Gasteiger partial charge in [0.2, 0.25) is 5.91 Å². The predicted molar refractivity (Wildman–Crippen MR) is 64.2 cm³/mol. The van der Waals surface area contributed by atoms with Crippen LogP contribution in [0.15, 0.2) is 17.3 Å². The summed E-state index contributed by atoms with van der Waals surface area (Å²) in [7, 11) is -2.16. The molecule has 1 aliphatic heterocycles. The van der Waals surface area contributed by atoms with Crippen molar-refractivity contribution < 1.29 is 13.2 Å². The van der Waals surface area contributed by atoms with Gasteiger partial charge in [-0.2, -0.15) is 9.40 Å². The van der Waals surface area contributed by atoms with Crippen LogP contribution in [0.3, 0.4) is 0 Å². The maximum Gasteiger partial charge on any atom is 0.260 e. The number of nitrogens with one attached hydrogen (secondary N) is 2. The number of carbonyl (C=O) groups excluding carboxylic acids is 1. The van der Waals surface area contributed by atoms with Crippen LogP contribution >= 0.6 is 0 Å². The molecule has 1 aromatic heterocycles. The summed E-state index contributed by atoms with van der Waals surface area (Å²) >= 11 is 0. The van der Waals surface area contributed by atoms with Crippen LogP contribution in [-0.2, 0) is 14.8 Å². The fraction of sp³-hybridized carbons (Fsp3) is 0.600. The molecule has 0 spiro atoms. The number of H-pyrrole nitrogens is 1. The van der Waals surface area contributed by atoms with E-state index in [1.54, 1.807) is 0 Å². The van der Waals surface area contributed by atoms with Gasteiger partial charge in [0.15, 0.2) is 5.03 Å². The Hall–Kier alpha value is -1.41. The van der Waals surface area contributed by atoms with E-state index in [1.165, 1.54) is 23.6 Å². The molecule has 1 saturated heterocycles. The van der Waals surface area contributed by atoms with Crippen molar-refractivity contribution in [2.75, 3.05) is 13.6 Å². The third-order valence-corrected chi connectivity index (χ3v) is 4.90. The highest BCUT2D eigenvalue weighted by molar-refractivity contribution is 7.89. The lowest BCUT2D eigenvalue weighted by atomic mass is 10.0. The summed E-state index contributed by atoms with van der Waals surface area (Å²) in [4.78, 5) is 11.8. The van der Waals surface area contributed by atoms with Gasteiger partial charge in [0.05, 0.1) is 6.20 Å². The van der Waals surface area contributed by atoms with E-state index in [0.29, 0.717) is 13.0 Å². The number of likely N-dealkylation sites (N-methyl/N-ethyl adjacent to an activating group) is 1. The summed E-state index contributed by atoms with van der Waals surface area (Å²) in [5.74, 6) is -0.266. The van der Waals surface area contributed by atoms with E-state index in [0.717, 1.165) is 12.8 Å². The normalized spacial score (nSPS) is 21.7. The Kier molecular flexibility index (Phi) is 3.67. The molecule has 1 amide bonds. The largest absolute Gasteiger partial charge is 0.358 e. The van der Waals surface area contributed by atoms with Crippen LogP contribution in [-0.4, -0.2) is 48.5 Å². The van der Waals surface area contributed by atoms with Gasteiger partial charge in [-0.3, -0.25) is 9.89 Å². The Morgan fingerprint density at radius 2 is 2.33 bits per heavy atom. The van der Waals surface area contributed by atoms with Crippen LogP contribution in [0.25, 0.3) is 0 Å². The average Bonchev–Trinajstić information content (AvgIpc) is 2.92.